The van der Waals surface area contributed by atoms with E-state index in [1.807, 2.05) is 33.8 Å². The van der Waals surface area contributed by atoms with E-state index >= 15 is 0 Å². The fourth-order valence-electron chi connectivity index (χ4n) is 2.03. The molecule has 2 N–H and O–H groups in total. The van der Waals surface area contributed by atoms with Crippen molar-refractivity contribution < 1.29 is 8.94 Å². The van der Waals surface area contributed by atoms with E-state index in [9.17, 15) is 8.94 Å². The molecule has 0 saturated carbocycles. The predicted molar refractivity (Wildman–Crippen MR) is 93.1 cm³/mol. The molecule has 0 bridgehead atoms. The van der Waals surface area contributed by atoms with Crippen LogP contribution in [0.2, 0.25) is 5.02 Å². The molecule has 0 amide bonds. The van der Waals surface area contributed by atoms with Crippen molar-refractivity contribution in [2.24, 2.45) is 0 Å². The molecule has 0 spiro atoms. The van der Waals surface area contributed by atoms with Crippen LogP contribution in [0.1, 0.15) is 33.3 Å². The Morgan fingerprint density at radius 2 is 2.05 bits per heavy atom. The molecule has 3 nitrogen and oxygen atoms in total. The average molecular weight is 365 g/mol. The maximum atomic E-state index is 13.5. The number of hydrogen-bond donors (Lipinski definition) is 2. The summed E-state index contributed by atoms with van der Waals surface area (Å²) < 4.78 is 28.4. The molecule has 1 aromatic carbocycles. The molecule has 1 aliphatic heterocycles. The second-order valence-corrected chi connectivity index (χ2v) is 9.07. The van der Waals surface area contributed by atoms with Crippen molar-refractivity contribution in [2.45, 2.75) is 44.0 Å². The van der Waals surface area contributed by atoms with Gasteiger partial charge in [0.25, 0.3) is 0 Å². The quantitative estimate of drug-likeness (QED) is 0.477. The molecule has 0 radical (unpaired) electrons. The minimum Gasteiger partial charge on any atom is -0.598 e. The third-order valence-electron chi connectivity index (χ3n) is 3.33. The van der Waals surface area contributed by atoms with Crippen LogP contribution in [0.3, 0.4) is 0 Å². The topological polar surface area (TPSA) is 47.1 Å². The molecule has 1 heterocycles. The van der Waals surface area contributed by atoms with Crippen molar-refractivity contribution >= 4 is 46.3 Å². The summed E-state index contributed by atoms with van der Waals surface area (Å²) >= 11 is 10.9. The molecule has 0 aliphatic carbocycles. The van der Waals surface area contributed by atoms with Gasteiger partial charge in [0, 0.05) is 17.0 Å². The maximum Gasteiger partial charge on any atom is 0.143 e. The average Bonchev–Trinajstić information content (AvgIpc) is 2.38. The van der Waals surface area contributed by atoms with Crippen LogP contribution in [0, 0.1) is 5.82 Å². The number of anilines is 1. The van der Waals surface area contributed by atoms with Crippen LogP contribution in [0.4, 0.5) is 10.1 Å². The maximum absolute atomic E-state index is 13.5. The van der Waals surface area contributed by atoms with Gasteiger partial charge in [0.05, 0.1) is 11.1 Å². The van der Waals surface area contributed by atoms with Crippen LogP contribution in [-0.2, 0) is 11.4 Å². The molecule has 2 rings (SSSR count). The van der Waals surface area contributed by atoms with Gasteiger partial charge in [-0.3, -0.25) is 0 Å². The first-order valence-electron chi connectivity index (χ1n) is 6.89. The zero-order valence-electron chi connectivity index (χ0n) is 12.8. The lowest BCUT2D eigenvalue weighted by molar-refractivity contribution is 0.535. The van der Waals surface area contributed by atoms with Crippen molar-refractivity contribution in [1.82, 2.24) is 4.72 Å². The normalized spacial score (nSPS) is 20.7. The highest BCUT2D eigenvalue weighted by Gasteiger charge is 2.31. The van der Waals surface area contributed by atoms with E-state index in [-0.39, 0.29) is 15.8 Å². The van der Waals surface area contributed by atoms with E-state index in [1.54, 1.807) is 6.07 Å². The summed E-state index contributed by atoms with van der Waals surface area (Å²) in [5.41, 5.74) is 1.67. The van der Waals surface area contributed by atoms with Crippen molar-refractivity contribution in [3.8, 4) is 0 Å². The Morgan fingerprint density at radius 3 is 2.64 bits per heavy atom. The summed E-state index contributed by atoms with van der Waals surface area (Å²) in [7, 11) is 0. The van der Waals surface area contributed by atoms with Gasteiger partial charge in [0.1, 0.15) is 16.1 Å². The third-order valence-corrected chi connectivity index (χ3v) is 5.66. The second kappa shape index (κ2) is 6.57. The van der Waals surface area contributed by atoms with Gasteiger partial charge < -0.3 is 9.87 Å². The van der Waals surface area contributed by atoms with E-state index in [0.717, 1.165) is 11.1 Å². The van der Waals surface area contributed by atoms with Gasteiger partial charge in [-0.05, 0) is 57.0 Å². The molecule has 0 aromatic heterocycles. The van der Waals surface area contributed by atoms with E-state index in [4.69, 9.17) is 23.2 Å². The Morgan fingerprint density at radius 1 is 1.41 bits per heavy atom. The summed E-state index contributed by atoms with van der Waals surface area (Å²) in [6, 6.07) is 2.67. The number of alkyl halides is 1. The SMILES string of the molecule is C[C@@H](N[S+]([O-])C(C)(C)C)C1=Cc2cc(Cl)c(F)cc2NC1Cl. The number of rotatable bonds is 3. The van der Waals surface area contributed by atoms with Gasteiger partial charge in [-0.15, -0.1) is 4.72 Å². The monoisotopic (exact) mass is 364 g/mol. The number of fused-ring (bicyclic) bond motifs is 1. The van der Waals surface area contributed by atoms with Gasteiger partial charge in [-0.2, -0.15) is 0 Å². The Kier molecular flexibility index (Phi) is 5.34. The molecule has 0 saturated heterocycles. The molecule has 7 heteroatoms. The molecule has 122 valence electrons. The van der Waals surface area contributed by atoms with Gasteiger partial charge in [0.15, 0.2) is 0 Å². The molecule has 1 aliphatic rings. The molecular weight excluding hydrogens is 346 g/mol. The highest BCUT2D eigenvalue weighted by atomic mass is 35.5. The van der Waals surface area contributed by atoms with Crippen LogP contribution in [-0.4, -0.2) is 20.8 Å². The van der Waals surface area contributed by atoms with Crippen molar-refractivity contribution in [3.63, 3.8) is 0 Å². The standard InChI is InChI=1S/C15H19Cl2FN2OS/c1-8(20-22(21)15(2,3)4)10-5-9-6-11(16)12(18)7-13(9)19-14(10)17/h5-8,14,19-20H,1-4H3/t8-,14?,22?/m1/s1. The first-order valence-corrected chi connectivity index (χ1v) is 8.85. The van der Waals surface area contributed by atoms with Crippen molar-refractivity contribution in [1.29, 1.82) is 0 Å². The van der Waals surface area contributed by atoms with E-state index in [2.05, 4.69) is 10.0 Å². The molecule has 1 aromatic rings. The van der Waals surface area contributed by atoms with Gasteiger partial charge in [-0.1, -0.05) is 23.2 Å². The first kappa shape index (κ1) is 17.9. The van der Waals surface area contributed by atoms with Gasteiger partial charge in [-0.25, -0.2) is 4.39 Å². The minimum absolute atomic E-state index is 0.0584. The fourth-order valence-corrected chi connectivity index (χ4v) is 3.38. The van der Waals surface area contributed by atoms with Crippen LogP contribution in [0.25, 0.3) is 6.08 Å². The lowest BCUT2D eigenvalue weighted by Gasteiger charge is -2.31. The van der Waals surface area contributed by atoms with Crippen molar-refractivity contribution in [2.75, 3.05) is 5.32 Å². The minimum atomic E-state index is -1.21. The Balaban J connectivity index is 2.26. The van der Waals surface area contributed by atoms with Gasteiger partial charge in [0.2, 0.25) is 0 Å². The summed E-state index contributed by atoms with van der Waals surface area (Å²) in [5.74, 6) is -0.492. The zero-order valence-corrected chi connectivity index (χ0v) is 15.2. The van der Waals surface area contributed by atoms with Crippen molar-refractivity contribution in [3.05, 3.63) is 34.1 Å². The predicted octanol–water partition coefficient (Wildman–Crippen LogP) is 4.29. The summed E-state index contributed by atoms with van der Waals surface area (Å²) in [5, 5.41) is 3.09. The van der Waals surface area contributed by atoms with Crippen LogP contribution >= 0.6 is 23.2 Å². The zero-order chi connectivity index (χ0) is 16.7. The van der Waals surface area contributed by atoms with E-state index < -0.39 is 22.7 Å². The lowest BCUT2D eigenvalue weighted by Crippen LogP contribution is -2.46. The van der Waals surface area contributed by atoms with Crippen LogP contribution in [0.5, 0.6) is 0 Å². The third kappa shape index (κ3) is 3.89. The summed E-state index contributed by atoms with van der Waals surface area (Å²) in [4.78, 5) is 0. The van der Waals surface area contributed by atoms with E-state index in [0.29, 0.717) is 5.69 Å². The first-order chi connectivity index (χ1) is 10.1. The Labute approximate surface area is 143 Å². The Bertz CT molecular complexity index is 604. The smallest absolute Gasteiger partial charge is 0.143 e. The summed E-state index contributed by atoms with van der Waals surface area (Å²) in [6.45, 7) is 7.58. The highest BCUT2D eigenvalue weighted by Crippen LogP contribution is 2.34. The highest BCUT2D eigenvalue weighted by molar-refractivity contribution is 7.90. The molecule has 3 atom stereocenters. The summed E-state index contributed by atoms with van der Waals surface area (Å²) in [6.07, 6.45) is 1.85. The second-order valence-electron chi connectivity index (χ2n) is 6.23. The molecular formula is C15H19Cl2FN2OS. The lowest BCUT2D eigenvalue weighted by atomic mass is 10.00. The molecule has 2 unspecified atom stereocenters. The Hall–Kier alpha value is -0.460. The largest absolute Gasteiger partial charge is 0.598 e. The number of benzene rings is 1. The molecule has 22 heavy (non-hydrogen) atoms. The number of halogens is 3. The van der Waals surface area contributed by atoms with Crippen LogP contribution in [0.15, 0.2) is 17.7 Å². The fraction of sp³-hybridized carbons (Fsp3) is 0.467. The number of hydrogen-bond acceptors (Lipinski definition) is 3. The number of nitrogens with one attached hydrogen (secondary N) is 2. The van der Waals surface area contributed by atoms with Crippen LogP contribution < -0.4 is 10.0 Å². The van der Waals surface area contributed by atoms with E-state index in [1.165, 1.54) is 6.07 Å². The molecule has 0 fully saturated rings. The van der Waals surface area contributed by atoms with Gasteiger partial charge >= 0.3 is 0 Å².